The smallest absolute Gasteiger partial charge is 0.0900 e. The molecule has 0 aromatic rings. The predicted octanol–water partition coefficient (Wildman–Crippen LogP) is 1.22. The summed E-state index contributed by atoms with van der Waals surface area (Å²) < 4.78 is 5.46. The molecule has 4 heteroatoms. The topological polar surface area (TPSA) is 58.7 Å². The van der Waals surface area contributed by atoms with Crippen molar-refractivity contribution < 1.29 is 9.84 Å². The number of ether oxygens (including phenoxy) is 1. The molecule has 0 aliphatic carbocycles. The van der Waals surface area contributed by atoms with Crippen LogP contribution >= 0.6 is 0 Å². The van der Waals surface area contributed by atoms with Gasteiger partial charge in [-0.25, -0.2) is 0 Å². The largest absolute Gasteiger partial charge is 0.389 e. The molecule has 1 aliphatic rings. The highest BCUT2D eigenvalue weighted by Gasteiger charge is 2.21. The van der Waals surface area contributed by atoms with Crippen molar-refractivity contribution in [2.45, 2.75) is 45.1 Å². The molecule has 2 atom stereocenters. The molecule has 0 amide bonds. The van der Waals surface area contributed by atoms with Gasteiger partial charge in [0.05, 0.1) is 12.7 Å². The molecule has 0 radical (unpaired) electrons. The molecular weight excluding hydrogens is 228 g/mol. The lowest BCUT2D eigenvalue weighted by Gasteiger charge is -2.33. The SMILES string of the molecule is CCCCOCC(O)CN1CCCC(CCN)C1. The monoisotopic (exact) mass is 258 g/mol. The van der Waals surface area contributed by atoms with Crippen LogP contribution < -0.4 is 5.73 Å². The van der Waals surface area contributed by atoms with Gasteiger partial charge in [0.1, 0.15) is 0 Å². The van der Waals surface area contributed by atoms with Crippen LogP contribution in [-0.4, -0.2) is 55.5 Å². The Hall–Kier alpha value is -0.160. The van der Waals surface area contributed by atoms with Crippen LogP contribution in [0.25, 0.3) is 0 Å². The fourth-order valence-corrected chi connectivity index (χ4v) is 2.60. The Bertz CT molecular complexity index is 200. The highest BCUT2D eigenvalue weighted by Crippen LogP contribution is 2.19. The van der Waals surface area contributed by atoms with Crippen LogP contribution in [0.5, 0.6) is 0 Å². The van der Waals surface area contributed by atoms with Gasteiger partial charge < -0.3 is 20.5 Å². The lowest BCUT2D eigenvalue weighted by Crippen LogP contribution is -2.41. The second kappa shape index (κ2) is 9.73. The fraction of sp³-hybridized carbons (Fsp3) is 1.00. The Morgan fingerprint density at radius 3 is 3.06 bits per heavy atom. The van der Waals surface area contributed by atoms with E-state index in [-0.39, 0.29) is 6.10 Å². The quantitative estimate of drug-likeness (QED) is 0.611. The Kier molecular flexibility index (Phi) is 8.59. The number of aliphatic hydroxyl groups excluding tert-OH is 1. The number of hydrogen-bond donors (Lipinski definition) is 2. The van der Waals surface area contributed by atoms with E-state index in [0.29, 0.717) is 6.61 Å². The van der Waals surface area contributed by atoms with Crippen LogP contribution in [0, 0.1) is 5.92 Å². The maximum atomic E-state index is 9.93. The summed E-state index contributed by atoms with van der Waals surface area (Å²) in [5.41, 5.74) is 5.61. The summed E-state index contributed by atoms with van der Waals surface area (Å²) in [7, 11) is 0. The zero-order valence-electron chi connectivity index (χ0n) is 11.8. The zero-order chi connectivity index (χ0) is 13.2. The molecule has 108 valence electrons. The van der Waals surface area contributed by atoms with E-state index >= 15 is 0 Å². The summed E-state index contributed by atoms with van der Waals surface area (Å²) in [6.45, 7) is 7.09. The summed E-state index contributed by atoms with van der Waals surface area (Å²) in [5.74, 6) is 0.719. The van der Waals surface area contributed by atoms with E-state index in [1.54, 1.807) is 0 Å². The van der Waals surface area contributed by atoms with Crippen molar-refractivity contribution in [3.63, 3.8) is 0 Å². The number of β-amino-alcohol motifs (C(OH)–C–C–N with tert-alkyl or cyclic N) is 1. The van der Waals surface area contributed by atoms with Crippen molar-refractivity contribution >= 4 is 0 Å². The summed E-state index contributed by atoms with van der Waals surface area (Å²) >= 11 is 0. The number of rotatable bonds is 9. The van der Waals surface area contributed by atoms with Gasteiger partial charge in [0.2, 0.25) is 0 Å². The van der Waals surface area contributed by atoms with Crippen molar-refractivity contribution in [1.82, 2.24) is 4.90 Å². The van der Waals surface area contributed by atoms with E-state index in [1.807, 2.05) is 0 Å². The number of hydrogen-bond acceptors (Lipinski definition) is 4. The van der Waals surface area contributed by atoms with E-state index < -0.39 is 0 Å². The average Bonchev–Trinajstić information content (AvgIpc) is 2.35. The Labute approximate surface area is 111 Å². The van der Waals surface area contributed by atoms with Crippen molar-refractivity contribution in [3.05, 3.63) is 0 Å². The standard InChI is InChI=1S/C14H30N2O2/c1-2-3-9-18-12-14(17)11-16-8-4-5-13(10-16)6-7-15/h13-14,17H,2-12,15H2,1H3. The first-order valence-corrected chi connectivity index (χ1v) is 7.44. The number of nitrogens with zero attached hydrogens (tertiary/aromatic N) is 1. The second-order valence-corrected chi connectivity index (χ2v) is 5.43. The van der Waals surface area contributed by atoms with Crippen LogP contribution in [0.3, 0.4) is 0 Å². The van der Waals surface area contributed by atoms with E-state index in [0.717, 1.165) is 58.0 Å². The number of likely N-dealkylation sites (tertiary alicyclic amines) is 1. The summed E-state index contributed by atoms with van der Waals surface area (Å²) in [6.07, 6.45) is 5.50. The molecule has 2 unspecified atom stereocenters. The number of nitrogens with two attached hydrogens (primary N) is 1. The van der Waals surface area contributed by atoms with Gasteiger partial charge in [-0.2, -0.15) is 0 Å². The highest BCUT2D eigenvalue weighted by molar-refractivity contribution is 4.75. The summed E-state index contributed by atoms with van der Waals surface area (Å²) in [6, 6.07) is 0. The van der Waals surface area contributed by atoms with Gasteiger partial charge in [-0.3, -0.25) is 0 Å². The second-order valence-electron chi connectivity index (χ2n) is 5.43. The first-order chi connectivity index (χ1) is 8.76. The molecule has 18 heavy (non-hydrogen) atoms. The van der Waals surface area contributed by atoms with Crippen molar-refractivity contribution in [1.29, 1.82) is 0 Å². The van der Waals surface area contributed by atoms with E-state index in [2.05, 4.69) is 11.8 Å². The minimum Gasteiger partial charge on any atom is -0.389 e. The molecular formula is C14H30N2O2. The molecule has 1 aliphatic heterocycles. The maximum absolute atomic E-state index is 9.93. The summed E-state index contributed by atoms with van der Waals surface area (Å²) in [5, 5.41) is 9.93. The summed E-state index contributed by atoms with van der Waals surface area (Å²) in [4.78, 5) is 2.36. The third kappa shape index (κ3) is 6.69. The average molecular weight is 258 g/mol. The molecule has 0 bridgehead atoms. The molecule has 3 N–H and O–H groups in total. The Morgan fingerprint density at radius 1 is 1.50 bits per heavy atom. The molecule has 1 saturated heterocycles. The van der Waals surface area contributed by atoms with Crippen molar-refractivity contribution in [2.24, 2.45) is 11.7 Å². The molecule has 0 aromatic heterocycles. The van der Waals surface area contributed by atoms with Crippen LogP contribution in [0.15, 0.2) is 0 Å². The molecule has 1 fully saturated rings. The van der Waals surface area contributed by atoms with Crippen LogP contribution in [-0.2, 0) is 4.74 Å². The maximum Gasteiger partial charge on any atom is 0.0900 e. The van der Waals surface area contributed by atoms with Crippen molar-refractivity contribution in [3.8, 4) is 0 Å². The molecule has 0 aromatic carbocycles. The molecule has 0 saturated carbocycles. The number of piperidine rings is 1. The molecule has 0 spiro atoms. The third-order valence-corrected chi connectivity index (χ3v) is 3.60. The van der Waals surface area contributed by atoms with Gasteiger partial charge in [0.25, 0.3) is 0 Å². The van der Waals surface area contributed by atoms with Gasteiger partial charge in [-0.05, 0) is 44.7 Å². The molecule has 1 rings (SSSR count). The molecule has 1 heterocycles. The van der Waals surface area contributed by atoms with Gasteiger partial charge in [-0.1, -0.05) is 13.3 Å². The van der Waals surface area contributed by atoms with Crippen molar-refractivity contribution in [2.75, 3.05) is 39.4 Å². The lowest BCUT2D eigenvalue weighted by molar-refractivity contribution is 0.00806. The Morgan fingerprint density at radius 2 is 2.33 bits per heavy atom. The third-order valence-electron chi connectivity index (χ3n) is 3.60. The highest BCUT2D eigenvalue weighted by atomic mass is 16.5. The van der Waals surface area contributed by atoms with Crippen LogP contribution in [0.2, 0.25) is 0 Å². The minimum atomic E-state index is -0.349. The first kappa shape index (κ1) is 15.9. The number of unbranched alkanes of at least 4 members (excludes halogenated alkanes) is 1. The van der Waals surface area contributed by atoms with Gasteiger partial charge in [-0.15, -0.1) is 0 Å². The van der Waals surface area contributed by atoms with Gasteiger partial charge >= 0.3 is 0 Å². The van der Waals surface area contributed by atoms with E-state index in [1.165, 1.54) is 12.8 Å². The van der Waals surface area contributed by atoms with Crippen LogP contribution in [0.4, 0.5) is 0 Å². The first-order valence-electron chi connectivity index (χ1n) is 7.44. The number of aliphatic hydroxyl groups is 1. The predicted molar refractivity (Wildman–Crippen MR) is 74.6 cm³/mol. The normalized spacial score (nSPS) is 23.2. The fourth-order valence-electron chi connectivity index (χ4n) is 2.60. The zero-order valence-corrected chi connectivity index (χ0v) is 11.8. The minimum absolute atomic E-state index is 0.349. The Balaban J connectivity index is 2.12. The van der Waals surface area contributed by atoms with E-state index in [4.69, 9.17) is 10.5 Å². The molecule has 4 nitrogen and oxygen atoms in total. The van der Waals surface area contributed by atoms with E-state index in [9.17, 15) is 5.11 Å². The van der Waals surface area contributed by atoms with Crippen LogP contribution in [0.1, 0.15) is 39.0 Å². The van der Waals surface area contributed by atoms with Gasteiger partial charge in [0, 0.05) is 19.7 Å². The van der Waals surface area contributed by atoms with Gasteiger partial charge in [0.15, 0.2) is 0 Å². The lowest BCUT2D eigenvalue weighted by atomic mass is 9.95.